The van der Waals surface area contributed by atoms with Gasteiger partial charge in [0, 0.05) is 13.2 Å². The minimum absolute atomic E-state index is 0.169. The molecule has 22 heavy (non-hydrogen) atoms. The number of aliphatic carboxylic acids is 1. The third-order valence-electron chi connectivity index (χ3n) is 3.97. The summed E-state index contributed by atoms with van der Waals surface area (Å²) < 4.78 is 10.8. The quantitative estimate of drug-likeness (QED) is 0.747. The van der Waals surface area contributed by atoms with Crippen molar-refractivity contribution in [3.63, 3.8) is 0 Å². The van der Waals surface area contributed by atoms with Crippen LogP contribution in [-0.4, -0.2) is 48.9 Å². The average molecular weight is 307 g/mol. The van der Waals surface area contributed by atoms with E-state index in [-0.39, 0.29) is 5.92 Å². The average Bonchev–Trinajstić information content (AvgIpc) is 2.54. The number of carboxylic acid groups (broad SMARTS) is 1. The first-order chi connectivity index (χ1) is 10.7. The van der Waals surface area contributed by atoms with Crippen molar-refractivity contribution in [2.75, 3.05) is 32.9 Å². The van der Waals surface area contributed by atoms with Crippen LogP contribution in [0.2, 0.25) is 0 Å². The second-order valence-corrected chi connectivity index (χ2v) is 5.58. The lowest BCUT2D eigenvalue weighted by Gasteiger charge is -2.30. The molecule has 1 fully saturated rings. The molecule has 0 bridgehead atoms. The molecule has 1 saturated heterocycles. The second kappa shape index (κ2) is 8.76. The Kier molecular flexibility index (Phi) is 6.68. The van der Waals surface area contributed by atoms with E-state index in [2.05, 4.69) is 17.0 Å². The molecule has 0 aromatic heterocycles. The lowest BCUT2D eigenvalue weighted by Crippen LogP contribution is -2.35. The molecule has 1 aromatic rings. The van der Waals surface area contributed by atoms with E-state index < -0.39 is 5.97 Å². The Balaban J connectivity index is 1.73. The molecule has 0 unspecified atom stereocenters. The molecule has 1 N–H and O–H groups in total. The van der Waals surface area contributed by atoms with Crippen LogP contribution in [0, 0.1) is 5.92 Å². The Labute approximate surface area is 131 Å². The monoisotopic (exact) mass is 307 g/mol. The minimum Gasteiger partial charge on any atom is -0.491 e. The van der Waals surface area contributed by atoms with E-state index in [9.17, 15) is 4.79 Å². The Morgan fingerprint density at radius 3 is 2.50 bits per heavy atom. The van der Waals surface area contributed by atoms with Gasteiger partial charge in [-0.3, -0.25) is 9.69 Å². The highest BCUT2D eigenvalue weighted by Gasteiger charge is 2.24. The van der Waals surface area contributed by atoms with E-state index >= 15 is 0 Å². The molecule has 5 heteroatoms. The zero-order valence-corrected chi connectivity index (χ0v) is 13.2. The van der Waals surface area contributed by atoms with Gasteiger partial charge in [-0.25, -0.2) is 0 Å². The van der Waals surface area contributed by atoms with Gasteiger partial charge >= 0.3 is 5.97 Å². The second-order valence-electron chi connectivity index (χ2n) is 5.58. The van der Waals surface area contributed by atoms with Crippen molar-refractivity contribution in [1.29, 1.82) is 0 Å². The summed E-state index contributed by atoms with van der Waals surface area (Å²) in [5, 5.41) is 9.01. The van der Waals surface area contributed by atoms with Gasteiger partial charge in [0.1, 0.15) is 12.4 Å². The summed E-state index contributed by atoms with van der Waals surface area (Å²) >= 11 is 0. The molecular formula is C17H25NO4. The van der Waals surface area contributed by atoms with Crippen LogP contribution in [0.5, 0.6) is 5.75 Å². The number of carbonyl (C=O) groups is 1. The van der Waals surface area contributed by atoms with Gasteiger partial charge in [-0.15, -0.1) is 0 Å². The van der Waals surface area contributed by atoms with Gasteiger partial charge in [-0.2, -0.15) is 0 Å². The van der Waals surface area contributed by atoms with Crippen molar-refractivity contribution in [1.82, 2.24) is 4.90 Å². The first-order valence-corrected chi connectivity index (χ1v) is 7.93. The number of likely N-dealkylation sites (tertiary alicyclic amines) is 1. The van der Waals surface area contributed by atoms with Crippen molar-refractivity contribution in [2.24, 2.45) is 5.92 Å². The molecule has 122 valence electrons. The standard InChI is InChI=1S/C17H25NO4/c1-2-21-11-12-22-16-5-3-14(4-6-16)13-18-9-7-15(8-10-18)17(19)20/h3-6,15H,2,7-13H2,1H3,(H,19,20). The highest BCUT2D eigenvalue weighted by molar-refractivity contribution is 5.70. The summed E-state index contributed by atoms with van der Waals surface area (Å²) in [5.74, 6) is 0.0265. The number of benzene rings is 1. The van der Waals surface area contributed by atoms with Gasteiger partial charge in [0.25, 0.3) is 0 Å². The van der Waals surface area contributed by atoms with Gasteiger partial charge in [0.15, 0.2) is 0 Å². The molecule has 0 saturated carbocycles. The zero-order valence-electron chi connectivity index (χ0n) is 13.2. The number of rotatable bonds is 8. The molecular weight excluding hydrogens is 282 g/mol. The van der Waals surface area contributed by atoms with Crippen molar-refractivity contribution < 1.29 is 19.4 Å². The Bertz CT molecular complexity index is 452. The molecule has 1 aliphatic rings. The van der Waals surface area contributed by atoms with Crippen molar-refractivity contribution in [3.05, 3.63) is 29.8 Å². The summed E-state index contributed by atoms with van der Waals surface area (Å²) in [5.41, 5.74) is 1.23. The molecule has 0 atom stereocenters. The van der Waals surface area contributed by atoms with E-state index in [1.165, 1.54) is 5.56 Å². The van der Waals surface area contributed by atoms with Crippen molar-refractivity contribution in [2.45, 2.75) is 26.3 Å². The van der Waals surface area contributed by atoms with E-state index in [4.69, 9.17) is 14.6 Å². The predicted molar refractivity (Wildman–Crippen MR) is 84.1 cm³/mol. The van der Waals surface area contributed by atoms with Crippen LogP contribution in [0.3, 0.4) is 0 Å². The number of nitrogens with zero attached hydrogens (tertiary/aromatic N) is 1. The zero-order chi connectivity index (χ0) is 15.8. The van der Waals surface area contributed by atoms with E-state index in [0.29, 0.717) is 19.8 Å². The normalized spacial score (nSPS) is 16.6. The molecule has 0 spiro atoms. The van der Waals surface area contributed by atoms with Gasteiger partial charge in [-0.05, 0) is 50.6 Å². The van der Waals surface area contributed by atoms with Crippen LogP contribution in [-0.2, 0) is 16.1 Å². The lowest BCUT2D eigenvalue weighted by atomic mass is 9.97. The summed E-state index contributed by atoms with van der Waals surface area (Å²) in [6.07, 6.45) is 1.49. The number of hydrogen-bond donors (Lipinski definition) is 1. The third-order valence-corrected chi connectivity index (χ3v) is 3.97. The largest absolute Gasteiger partial charge is 0.491 e. The van der Waals surface area contributed by atoms with E-state index in [1.54, 1.807) is 0 Å². The van der Waals surface area contributed by atoms with Crippen LogP contribution >= 0.6 is 0 Å². The van der Waals surface area contributed by atoms with E-state index in [0.717, 1.165) is 38.2 Å². The van der Waals surface area contributed by atoms with Crippen LogP contribution in [0.25, 0.3) is 0 Å². The molecule has 0 radical (unpaired) electrons. The summed E-state index contributed by atoms with van der Waals surface area (Å²) in [6.45, 7) is 6.42. The summed E-state index contributed by atoms with van der Waals surface area (Å²) in [4.78, 5) is 13.3. The summed E-state index contributed by atoms with van der Waals surface area (Å²) in [7, 11) is 0. The van der Waals surface area contributed by atoms with Crippen LogP contribution in [0.1, 0.15) is 25.3 Å². The van der Waals surface area contributed by atoms with Crippen molar-refractivity contribution in [3.8, 4) is 5.75 Å². The first kappa shape index (κ1) is 16.8. The predicted octanol–water partition coefficient (Wildman–Crippen LogP) is 2.40. The molecule has 2 rings (SSSR count). The Morgan fingerprint density at radius 2 is 1.91 bits per heavy atom. The van der Waals surface area contributed by atoms with Gasteiger partial charge in [0.2, 0.25) is 0 Å². The maximum Gasteiger partial charge on any atom is 0.306 e. The number of carboxylic acids is 1. The van der Waals surface area contributed by atoms with Crippen molar-refractivity contribution >= 4 is 5.97 Å². The fourth-order valence-corrected chi connectivity index (χ4v) is 2.65. The smallest absolute Gasteiger partial charge is 0.306 e. The van der Waals surface area contributed by atoms with Gasteiger partial charge in [0.05, 0.1) is 12.5 Å². The highest BCUT2D eigenvalue weighted by atomic mass is 16.5. The molecule has 0 aliphatic carbocycles. The summed E-state index contributed by atoms with van der Waals surface area (Å²) in [6, 6.07) is 8.09. The van der Waals surface area contributed by atoms with Crippen LogP contribution in [0.4, 0.5) is 0 Å². The third kappa shape index (κ3) is 5.31. The molecule has 0 amide bonds. The topological polar surface area (TPSA) is 59.0 Å². The first-order valence-electron chi connectivity index (χ1n) is 7.93. The maximum absolute atomic E-state index is 10.9. The SMILES string of the molecule is CCOCCOc1ccc(CN2CCC(C(=O)O)CC2)cc1. The fraction of sp³-hybridized carbons (Fsp3) is 0.588. The Morgan fingerprint density at radius 1 is 1.23 bits per heavy atom. The van der Waals surface area contributed by atoms with Gasteiger partial charge in [-0.1, -0.05) is 12.1 Å². The van der Waals surface area contributed by atoms with Gasteiger partial charge < -0.3 is 14.6 Å². The molecule has 1 aromatic carbocycles. The lowest BCUT2D eigenvalue weighted by molar-refractivity contribution is -0.143. The number of ether oxygens (including phenoxy) is 2. The number of hydrogen-bond acceptors (Lipinski definition) is 4. The highest BCUT2D eigenvalue weighted by Crippen LogP contribution is 2.20. The van der Waals surface area contributed by atoms with Crippen LogP contribution in [0.15, 0.2) is 24.3 Å². The molecule has 5 nitrogen and oxygen atoms in total. The fourth-order valence-electron chi connectivity index (χ4n) is 2.65. The Hall–Kier alpha value is -1.59. The molecule has 1 aliphatic heterocycles. The maximum atomic E-state index is 10.9. The molecule has 1 heterocycles. The minimum atomic E-state index is -0.659. The van der Waals surface area contributed by atoms with Crippen LogP contribution < -0.4 is 4.74 Å². The number of piperidine rings is 1. The van der Waals surface area contributed by atoms with E-state index in [1.807, 2.05) is 19.1 Å².